The van der Waals surface area contributed by atoms with Gasteiger partial charge in [-0.1, -0.05) is 6.92 Å². The number of carbonyl (C=O) groups excluding carboxylic acids is 2. The van der Waals surface area contributed by atoms with E-state index < -0.39 is 16.0 Å². The number of methoxy groups -OCH3 is 1. The van der Waals surface area contributed by atoms with E-state index in [0.29, 0.717) is 31.2 Å². The molecule has 0 bridgehead atoms. The Bertz CT molecular complexity index is 1110. The van der Waals surface area contributed by atoms with Crippen molar-refractivity contribution in [3.63, 3.8) is 0 Å². The molecule has 0 spiro atoms. The summed E-state index contributed by atoms with van der Waals surface area (Å²) in [5, 5.41) is 0. The van der Waals surface area contributed by atoms with Crippen molar-refractivity contribution in [2.75, 3.05) is 33.4 Å². The summed E-state index contributed by atoms with van der Waals surface area (Å²) in [7, 11) is -1.93. The van der Waals surface area contributed by atoms with Gasteiger partial charge in [-0.25, -0.2) is 13.2 Å². The molecule has 0 aliphatic carbocycles. The lowest BCUT2D eigenvalue weighted by Crippen LogP contribution is -2.37. The molecule has 1 fully saturated rings. The van der Waals surface area contributed by atoms with E-state index >= 15 is 0 Å². The third kappa shape index (κ3) is 5.95. The zero-order valence-electron chi connectivity index (χ0n) is 20.4. The van der Waals surface area contributed by atoms with Gasteiger partial charge in [-0.2, -0.15) is 4.31 Å². The number of ether oxygens (including phenoxy) is 2. The maximum absolute atomic E-state index is 12.8. The van der Waals surface area contributed by atoms with Gasteiger partial charge in [0.2, 0.25) is 15.8 Å². The molecule has 2 aromatic rings. The summed E-state index contributed by atoms with van der Waals surface area (Å²) in [6, 6.07) is 7.49. The number of aryl methyl sites for hydroxylation is 1. The van der Waals surface area contributed by atoms with Gasteiger partial charge in [0, 0.05) is 50.3 Å². The molecular formula is C25H34N2O6S. The van der Waals surface area contributed by atoms with Crippen LogP contribution in [0.1, 0.15) is 58.3 Å². The van der Waals surface area contributed by atoms with Crippen LogP contribution in [0.5, 0.6) is 0 Å². The lowest BCUT2D eigenvalue weighted by atomic mass is 10.0. The molecule has 1 aromatic carbocycles. The van der Waals surface area contributed by atoms with E-state index in [1.54, 1.807) is 13.2 Å². The van der Waals surface area contributed by atoms with Gasteiger partial charge in [-0.15, -0.1) is 0 Å². The largest absolute Gasteiger partial charge is 0.454 e. The van der Waals surface area contributed by atoms with Crippen LogP contribution >= 0.6 is 0 Å². The summed E-state index contributed by atoms with van der Waals surface area (Å²) in [5.41, 5.74) is 2.52. The topological polar surface area (TPSA) is 94.9 Å². The van der Waals surface area contributed by atoms with Gasteiger partial charge >= 0.3 is 5.97 Å². The fraction of sp³-hybridized carbons (Fsp3) is 0.520. The van der Waals surface area contributed by atoms with Crippen LogP contribution in [0.4, 0.5) is 0 Å². The molecule has 186 valence electrons. The predicted octanol–water partition coefficient (Wildman–Crippen LogP) is 3.60. The SMILES string of the molecule is COCCCn1c(C)cc(C(=O)COC(=O)c2ccc(S(=O)(=O)N3CCC(C)CC3)cc2)c1C. The van der Waals surface area contributed by atoms with Gasteiger partial charge in [-0.3, -0.25) is 4.79 Å². The molecule has 1 aromatic heterocycles. The Kier molecular flexibility index (Phi) is 8.67. The minimum atomic E-state index is -3.59. The highest BCUT2D eigenvalue weighted by Crippen LogP contribution is 2.24. The smallest absolute Gasteiger partial charge is 0.338 e. The maximum Gasteiger partial charge on any atom is 0.338 e. The minimum absolute atomic E-state index is 0.149. The number of esters is 1. The summed E-state index contributed by atoms with van der Waals surface area (Å²) in [6.45, 7) is 7.92. The van der Waals surface area contributed by atoms with E-state index in [4.69, 9.17) is 9.47 Å². The number of nitrogens with zero attached hydrogens (tertiary/aromatic N) is 2. The Labute approximate surface area is 201 Å². The van der Waals surface area contributed by atoms with E-state index in [1.807, 2.05) is 13.8 Å². The molecule has 0 saturated carbocycles. The third-order valence-corrected chi connectivity index (χ3v) is 8.32. The highest BCUT2D eigenvalue weighted by atomic mass is 32.2. The first kappa shape index (κ1) is 26.1. The quantitative estimate of drug-likeness (QED) is 0.287. The van der Waals surface area contributed by atoms with Crippen molar-refractivity contribution in [3.8, 4) is 0 Å². The van der Waals surface area contributed by atoms with Crippen LogP contribution in [0.3, 0.4) is 0 Å². The fourth-order valence-corrected chi connectivity index (χ4v) is 5.69. The molecule has 0 amide bonds. The van der Waals surface area contributed by atoms with Crippen LogP contribution in [-0.4, -0.2) is 62.5 Å². The van der Waals surface area contributed by atoms with Crippen LogP contribution in [-0.2, 0) is 26.0 Å². The Morgan fingerprint density at radius 1 is 1.09 bits per heavy atom. The number of piperidine rings is 1. The monoisotopic (exact) mass is 490 g/mol. The molecule has 3 rings (SSSR count). The van der Waals surface area contributed by atoms with E-state index in [0.717, 1.165) is 37.2 Å². The molecule has 1 aliphatic rings. The lowest BCUT2D eigenvalue weighted by molar-refractivity contribution is 0.0474. The van der Waals surface area contributed by atoms with Crippen LogP contribution < -0.4 is 0 Å². The first-order chi connectivity index (χ1) is 16.1. The molecule has 0 atom stereocenters. The predicted molar refractivity (Wildman–Crippen MR) is 129 cm³/mol. The van der Waals surface area contributed by atoms with Gasteiger partial charge in [0.1, 0.15) is 0 Å². The number of rotatable bonds is 10. The van der Waals surface area contributed by atoms with Crippen molar-refractivity contribution in [1.82, 2.24) is 8.87 Å². The molecule has 0 N–H and O–H groups in total. The summed E-state index contributed by atoms with van der Waals surface area (Å²) in [4.78, 5) is 25.3. The third-order valence-electron chi connectivity index (χ3n) is 6.41. The average molecular weight is 491 g/mol. The summed E-state index contributed by atoms with van der Waals surface area (Å²) >= 11 is 0. The van der Waals surface area contributed by atoms with Gasteiger partial charge in [0.05, 0.1) is 10.5 Å². The molecule has 0 radical (unpaired) electrons. The molecular weight excluding hydrogens is 456 g/mol. The number of sulfonamides is 1. The van der Waals surface area contributed by atoms with Crippen molar-refractivity contribution >= 4 is 21.8 Å². The molecule has 9 heteroatoms. The number of Topliss-reactive ketones (excluding diaryl/α,β-unsaturated/α-hetero) is 1. The van der Waals surface area contributed by atoms with E-state index in [9.17, 15) is 18.0 Å². The number of carbonyl (C=O) groups is 2. The standard InChI is InChI=1S/C25H34N2O6S/c1-18-10-13-26(14-11-18)34(30,31)22-8-6-21(7-9-22)25(29)33-17-24(28)23-16-19(2)27(20(23)3)12-5-15-32-4/h6-9,16,18H,5,10-15,17H2,1-4H3. The van der Waals surface area contributed by atoms with Gasteiger partial charge in [-0.05, 0) is 69.4 Å². The van der Waals surface area contributed by atoms with Crippen LogP contribution in [0.25, 0.3) is 0 Å². The second-order valence-corrected chi connectivity index (χ2v) is 10.8. The minimum Gasteiger partial charge on any atom is -0.454 e. The van der Waals surface area contributed by atoms with Crippen molar-refractivity contribution in [1.29, 1.82) is 0 Å². The Hall–Kier alpha value is -2.49. The second kappa shape index (κ2) is 11.3. The van der Waals surface area contributed by atoms with Gasteiger partial charge < -0.3 is 14.0 Å². The summed E-state index contributed by atoms with van der Waals surface area (Å²) in [5.74, 6) is -0.427. The van der Waals surface area contributed by atoms with Crippen LogP contribution in [0.2, 0.25) is 0 Å². The number of ketones is 1. The summed E-state index contributed by atoms with van der Waals surface area (Å²) in [6.07, 6.45) is 2.51. The fourth-order valence-electron chi connectivity index (χ4n) is 4.22. The van der Waals surface area contributed by atoms with Crippen LogP contribution in [0, 0.1) is 19.8 Å². The molecule has 1 aliphatic heterocycles. The van der Waals surface area contributed by atoms with E-state index in [-0.39, 0.29) is 22.8 Å². The zero-order chi connectivity index (χ0) is 24.9. The molecule has 8 nitrogen and oxygen atoms in total. The molecule has 1 saturated heterocycles. The van der Waals surface area contributed by atoms with Crippen molar-refractivity contribution < 1.29 is 27.5 Å². The number of hydrogen-bond acceptors (Lipinski definition) is 6. The maximum atomic E-state index is 12.8. The van der Waals surface area contributed by atoms with Gasteiger partial charge in [0.25, 0.3) is 0 Å². The highest BCUT2D eigenvalue weighted by molar-refractivity contribution is 7.89. The first-order valence-corrected chi connectivity index (χ1v) is 13.1. The number of benzene rings is 1. The van der Waals surface area contributed by atoms with Gasteiger partial charge in [0.15, 0.2) is 6.61 Å². The van der Waals surface area contributed by atoms with E-state index in [1.165, 1.54) is 28.6 Å². The number of hydrogen-bond donors (Lipinski definition) is 0. The Balaban J connectivity index is 1.60. The first-order valence-electron chi connectivity index (χ1n) is 11.6. The van der Waals surface area contributed by atoms with Crippen LogP contribution in [0.15, 0.2) is 35.2 Å². The van der Waals surface area contributed by atoms with Crippen molar-refractivity contribution in [2.24, 2.45) is 5.92 Å². The van der Waals surface area contributed by atoms with E-state index in [2.05, 4.69) is 11.5 Å². The molecule has 34 heavy (non-hydrogen) atoms. The average Bonchev–Trinajstić information content (AvgIpc) is 3.11. The zero-order valence-corrected chi connectivity index (χ0v) is 21.2. The molecule has 2 heterocycles. The Morgan fingerprint density at radius 2 is 1.74 bits per heavy atom. The second-order valence-electron chi connectivity index (χ2n) is 8.89. The number of aromatic nitrogens is 1. The Morgan fingerprint density at radius 3 is 2.35 bits per heavy atom. The lowest BCUT2D eigenvalue weighted by Gasteiger charge is -2.29. The van der Waals surface area contributed by atoms with Crippen molar-refractivity contribution in [3.05, 3.63) is 52.8 Å². The van der Waals surface area contributed by atoms with Crippen molar-refractivity contribution in [2.45, 2.75) is 51.5 Å². The normalized spacial score (nSPS) is 15.4. The highest BCUT2D eigenvalue weighted by Gasteiger charge is 2.28. The summed E-state index contributed by atoms with van der Waals surface area (Å²) < 4.78 is 39.6. The molecule has 0 unspecified atom stereocenters.